The van der Waals surface area contributed by atoms with E-state index in [1.165, 1.54) is 18.3 Å². The van der Waals surface area contributed by atoms with Crippen LogP contribution < -0.4 is 10.6 Å². The highest BCUT2D eigenvalue weighted by Crippen LogP contribution is 2.44. The van der Waals surface area contributed by atoms with Crippen LogP contribution in [0.5, 0.6) is 0 Å². The third-order valence-corrected chi connectivity index (χ3v) is 6.12. The van der Waals surface area contributed by atoms with Crippen LogP contribution in [-0.4, -0.2) is 40.7 Å². The number of nitrogens with zero attached hydrogens (tertiary/aromatic N) is 1. The van der Waals surface area contributed by atoms with Crippen molar-refractivity contribution in [3.05, 3.63) is 89.2 Å². The molecule has 0 radical (unpaired) electrons. The normalized spacial score (nSPS) is 12.8. The van der Waals surface area contributed by atoms with Crippen molar-refractivity contribution in [2.24, 2.45) is 0 Å². The summed E-state index contributed by atoms with van der Waals surface area (Å²) in [4.78, 5) is 40.0. The molecule has 4 rings (SSSR count). The van der Waals surface area contributed by atoms with Gasteiger partial charge in [0.2, 0.25) is 5.91 Å². The number of nitrogens with one attached hydrogen (secondary N) is 2. The van der Waals surface area contributed by atoms with E-state index in [-0.39, 0.29) is 37.0 Å². The summed E-state index contributed by atoms with van der Waals surface area (Å²) in [5.74, 6) is -1.37. The number of ether oxygens (including phenoxy) is 1. The van der Waals surface area contributed by atoms with E-state index in [1.807, 2.05) is 31.2 Å². The van der Waals surface area contributed by atoms with Gasteiger partial charge in [-0.3, -0.25) is 9.78 Å². The maximum Gasteiger partial charge on any atom is 0.407 e. The van der Waals surface area contributed by atoms with Crippen molar-refractivity contribution in [3.8, 4) is 11.1 Å². The average molecular weight is 474 g/mol. The molecule has 1 aromatic heterocycles. The minimum Gasteiger partial charge on any atom is -0.478 e. The Hall–Kier alpha value is -4.20. The maximum absolute atomic E-state index is 12.5. The Balaban J connectivity index is 1.29. The number of carboxylic acids is 1. The fourth-order valence-electron chi connectivity index (χ4n) is 4.30. The first-order chi connectivity index (χ1) is 17.0. The quantitative estimate of drug-likeness (QED) is 0.431. The van der Waals surface area contributed by atoms with Gasteiger partial charge in [-0.2, -0.15) is 0 Å². The van der Waals surface area contributed by atoms with Gasteiger partial charge in [0, 0.05) is 24.6 Å². The Kier molecular flexibility index (Phi) is 7.40. The van der Waals surface area contributed by atoms with Gasteiger partial charge in [0.05, 0.1) is 17.8 Å². The largest absolute Gasteiger partial charge is 0.478 e. The van der Waals surface area contributed by atoms with Crippen LogP contribution in [0.4, 0.5) is 4.79 Å². The van der Waals surface area contributed by atoms with Gasteiger partial charge >= 0.3 is 12.1 Å². The number of pyridine rings is 1. The molecule has 0 unspecified atom stereocenters. The van der Waals surface area contributed by atoms with E-state index in [0.717, 1.165) is 22.3 Å². The molecule has 1 heterocycles. The third kappa shape index (κ3) is 5.66. The number of carbonyl (C=O) groups excluding carboxylic acids is 2. The molecular weight excluding hydrogens is 446 g/mol. The standard InChI is InChI=1S/C27H27N3O5/c1-2-18(14-25(31)29-15-19-13-17(26(32)33)11-12-28-19)30-27(34)35-16-24-22-9-5-3-7-20(22)21-8-4-6-10-23(21)24/h3-13,18,24H,2,14-16H2,1H3,(H,29,31)(H,30,34)(H,32,33)/t18-/m0/s1. The van der Waals surface area contributed by atoms with Crippen molar-refractivity contribution >= 4 is 18.0 Å². The van der Waals surface area contributed by atoms with Crippen molar-refractivity contribution in [1.82, 2.24) is 15.6 Å². The molecule has 35 heavy (non-hydrogen) atoms. The highest BCUT2D eigenvalue weighted by molar-refractivity contribution is 5.87. The number of fused-ring (bicyclic) bond motifs is 3. The SMILES string of the molecule is CC[C@@H](CC(=O)NCc1cc(C(=O)O)ccn1)NC(=O)OCC1c2ccccc2-c2ccccc21. The predicted molar refractivity (Wildman–Crippen MR) is 130 cm³/mol. The Morgan fingerprint density at radius 1 is 1.03 bits per heavy atom. The van der Waals surface area contributed by atoms with Crippen LogP contribution in [-0.2, 0) is 16.1 Å². The monoisotopic (exact) mass is 473 g/mol. The average Bonchev–Trinajstić information content (AvgIpc) is 3.19. The van der Waals surface area contributed by atoms with Crippen molar-refractivity contribution < 1.29 is 24.2 Å². The van der Waals surface area contributed by atoms with E-state index in [0.29, 0.717) is 12.1 Å². The van der Waals surface area contributed by atoms with Crippen LogP contribution in [0.3, 0.4) is 0 Å². The van der Waals surface area contributed by atoms with Crippen molar-refractivity contribution in [1.29, 1.82) is 0 Å². The lowest BCUT2D eigenvalue weighted by atomic mass is 9.98. The van der Waals surface area contributed by atoms with Gasteiger partial charge in [0.25, 0.3) is 0 Å². The molecule has 0 saturated carbocycles. The van der Waals surface area contributed by atoms with Gasteiger partial charge in [-0.1, -0.05) is 55.5 Å². The van der Waals surface area contributed by atoms with Crippen LogP contribution in [0.2, 0.25) is 0 Å². The van der Waals surface area contributed by atoms with Crippen LogP contribution in [0.1, 0.15) is 52.9 Å². The molecule has 0 bridgehead atoms. The number of alkyl carbamates (subject to hydrolysis) is 1. The first kappa shape index (κ1) is 23.9. The maximum atomic E-state index is 12.5. The number of hydrogen-bond acceptors (Lipinski definition) is 5. The van der Waals surface area contributed by atoms with E-state index in [9.17, 15) is 14.4 Å². The third-order valence-electron chi connectivity index (χ3n) is 6.12. The molecular formula is C27H27N3O5. The second-order valence-corrected chi connectivity index (χ2v) is 8.40. The van der Waals surface area contributed by atoms with E-state index >= 15 is 0 Å². The highest BCUT2D eigenvalue weighted by atomic mass is 16.5. The molecule has 3 N–H and O–H groups in total. The van der Waals surface area contributed by atoms with Gasteiger partial charge in [-0.25, -0.2) is 9.59 Å². The number of carboxylic acid groups (broad SMARTS) is 1. The fourth-order valence-corrected chi connectivity index (χ4v) is 4.30. The molecule has 2 aromatic carbocycles. The first-order valence-corrected chi connectivity index (χ1v) is 11.5. The molecule has 180 valence electrons. The Bertz CT molecular complexity index is 1200. The number of benzene rings is 2. The first-order valence-electron chi connectivity index (χ1n) is 11.5. The number of amides is 2. The molecule has 8 heteroatoms. The lowest BCUT2D eigenvalue weighted by molar-refractivity contribution is -0.121. The smallest absolute Gasteiger partial charge is 0.407 e. The summed E-state index contributed by atoms with van der Waals surface area (Å²) in [6, 6.07) is 18.6. The number of aromatic carboxylic acids is 1. The minimum absolute atomic E-state index is 0.0365. The second kappa shape index (κ2) is 10.8. The van der Waals surface area contributed by atoms with Gasteiger partial charge in [-0.15, -0.1) is 0 Å². The molecule has 1 aliphatic carbocycles. The molecule has 0 aliphatic heterocycles. The van der Waals surface area contributed by atoms with E-state index in [4.69, 9.17) is 9.84 Å². The molecule has 0 saturated heterocycles. The summed E-state index contributed by atoms with van der Waals surface area (Å²) >= 11 is 0. The van der Waals surface area contributed by atoms with Crippen molar-refractivity contribution in [2.45, 2.75) is 38.3 Å². The number of hydrogen-bond donors (Lipinski definition) is 3. The number of rotatable bonds is 9. The van der Waals surface area contributed by atoms with Crippen LogP contribution in [0.15, 0.2) is 66.9 Å². The van der Waals surface area contributed by atoms with E-state index in [2.05, 4.69) is 39.9 Å². The topological polar surface area (TPSA) is 118 Å². The van der Waals surface area contributed by atoms with Gasteiger partial charge in [-0.05, 0) is 40.8 Å². The molecule has 1 aliphatic rings. The Labute approximate surface area is 203 Å². The number of aromatic nitrogens is 1. The zero-order valence-corrected chi connectivity index (χ0v) is 19.4. The lowest BCUT2D eigenvalue weighted by Gasteiger charge is -2.19. The van der Waals surface area contributed by atoms with E-state index in [1.54, 1.807) is 0 Å². The summed E-state index contributed by atoms with van der Waals surface area (Å²) < 4.78 is 5.57. The van der Waals surface area contributed by atoms with Gasteiger partial charge in [0.1, 0.15) is 6.61 Å². The van der Waals surface area contributed by atoms with Gasteiger partial charge < -0.3 is 20.5 Å². The Morgan fingerprint density at radius 3 is 2.31 bits per heavy atom. The van der Waals surface area contributed by atoms with Crippen molar-refractivity contribution in [2.75, 3.05) is 6.61 Å². The number of carbonyl (C=O) groups is 3. The summed E-state index contributed by atoms with van der Waals surface area (Å²) in [5.41, 5.74) is 5.12. The molecule has 1 atom stereocenters. The predicted octanol–water partition coefficient (Wildman–Crippen LogP) is 4.10. The molecule has 8 nitrogen and oxygen atoms in total. The molecule has 0 spiro atoms. The zero-order valence-electron chi connectivity index (χ0n) is 19.4. The Morgan fingerprint density at radius 2 is 1.69 bits per heavy atom. The van der Waals surface area contributed by atoms with E-state index < -0.39 is 18.1 Å². The summed E-state index contributed by atoms with van der Waals surface area (Å²) in [7, 11) is 0. The van der Waals surface area contributed by atoms with Crippen molar-refractivity contribution in [3.63, 3.8) is 0 Å². The minimum atomic E-state index is -1.06. The van der Waals surface area contributed by atoms with Gasteiger partial charge in [0.15, 0.2) is 0 Å². The molecule has 3 aromatic rings. The van der Waals surface area contributed by atoms with Crippen LogP contribution in [0, 0.1) is 0 Å². The summed E-state index contributed by atoms with van der Waals surface area (Å²) in [6.45, 7) is 2.18. The molecule has 2 amide bonds. The van der Waals surface area contributed by atoms with Crippen LogP contribution in [0.25, 0.3) is 11.1 Å². The highest BCUT2D eigenvalue weighted by Gasteiger charge is 2.29. The molecule has 0 fully saturated rings. The summed E-state index contributed by atoms with van der Waals surface area (Å²) in [5, 5.41) is 14.6. The summed E-state index contributed by atoms with van der Waals surface area (Å²) in [6.07, 6.45) is 1.43. The zero-order chi connectivity index (χ0) is 24.8. The fraction of sp³-hybridized carbons (Fsp3) is 0.259. The van der Waals surface area contributed by atoms with Crippen LogP contribution >= 0.6 is 0 Å². The lowest BCUT2D eigenvalue weighted by Crippen LogP contribution is -2.39. The second-order valence-electron chi connectivity index (χ2n) is 8.40.